The Kier molecular flexibility index (Phi) is 4.47. The number of carboxylic acid groups (broad SMARTS) is 1. The summed E-state index contributed by atoms with van der Waals surface area (Å²) in [5.41, 5.74) is 2.10. The highest BCUT2D eigenvalue weighted by Crippen LogP contribution is 2.28. The third kappa shape index (κ3) is 3.52. The van der Waals surface area contributed by atoms with Crippen molar-refractivity contribution in [3.05, 3.63) is 24.0 Å². The van der Waals surface area contributed by atoms with Gasteiger partial charge in [-0.05, 0) is 18.2 Å². The first-order valence-electron chi connectivity index (χ1n) is 8.04. The zero-order chi connectivity index (χ0) is 17.3. The Morgan fingerprint density at radius 2 is 2.21 bits per heavy atom. The number of nitrogens with zero attached hydrogens (tertiary/aromatic N) is 2. The summed E-state index contributed by atoms with van der Waals surface area (Å²) in [5.74, 6) is 0.944. The van der Waals surface area contributed by atoms with Crippen LogP contribution in [0.1, 0.15) is 26.6 Å². The van der Waals surface area contributed by atoms with E-state index in [0.717, 1.165) is 16.9 Å². The number of carbonyl (C=O) groups is 1. The predicted octanol–water partition coefficient (Wildman–Crippen LogP) is 2.84. The van der Waals surface area contributed by atoms with Crippen molar-refractivity contribution in [1.82, 2.24) is 9.55 Å². The average Bonchev–Trinajstić information content (AvgIpc) is 2.86. The van der Waals surface area contributed by atoms with Gasteiger partial charge in [0.05, 0.1) is 43.5 Å². The Balaban J connectivity index is 2.01. The van der Waals surface area contributed by atoms with Crippen LogP contribution in [0.15, 0.2) is 18.2 Å². The molecule has 0 bridgehead atoms. The van der Waals surface area contributed by atoms with Crippen molar-refractivity contribution < 1.29 is 19.4 Å². The summed E-state index contributed by atoms with van der Waals surface area (Å²) in [6.45, 7) is 8.81. The quantitative estimate of drug-likeness (QED) is 0.902. The number of nitrogens with one attached hydrogen (secondary N) is 1. The van der Waals surface area contributed by atoms with Crippen LogP contribution in [0, 0.1) is 0 Å². The number of hydrogen-bond acceptors (Lipinski definition) is 4. The van der Waals surface area contributed by atoms with Crippen LogP contribution in [0.25, 0.3) is 11.0 Å². The van der Waals surface area contributed by atoms with E-state index in [4.69, 9.17) is 19.6 Å². The largest absolute Gasteiger partial charge is 0.465 e. The van der Waals surface area contributed by atoms with Gasteiger partial charge in [0, 0.05) is 11.1 Å². The number of anilines is 1. The van der Waals surface area contributed by atoms with Gasteiger partial charge in [-0.1, -0.05) is 20.8 Å². The Labute approximate surface area is 140 Å². The van der Waals surface area contributed by atoms with E-state index in [-0.39, 0.29) is 11.5 Å². The molecule has 3 rings (SSSR count). The average molecular weight is 333 g/mol. The highest BCUT2D eigenvalue weighted by molar-refractivity contribution is 5.88. The fourth-order valence-electron chi connectivity index (χ4n) is 2.93. The molecule has 0 radical (unpaired) electrons. The molecule has 1 atom stereocenters. The van der Waals surface area contributed by atoms with Gasteiger partial charge in [-0.3, -0.25) is 5.32 Å². The lowest BCUT2D eigenvalue weighted by atomic mass is 9.95. The van der Waals surface area contributed by atoms with E-state index >= 15 is 0 Å². The maximum absolute atomic E-state index is 10.8. The van der Waals surface area contributed by atoms with Crippen LogP contribution in [0.2, 0.25) is 0 Å². The molecule has 7 heteroatoms. The highest BCUT2D eigenvalue weighted by atomic mass is 16.6. The van der Waals surface area contributed by atoms with Gasteiger partial charge in [-0.25, -0.2) is 9.78 Å². The van der Waals surface area contributed by atoms with Crippen molar-refractivity contribution in [2.45, 2.75) is 38.8 Å². The van der Waals surface area contributed by atoms with Crippen LogP contribution in [-0.2, 0) is 21.4 Å². The third-order valence-electron chi connectivity index (χ3n) is 3.94. The van der Waals surface area contributed by atoms with Crippen LogP contribution in [0.5, 0.6) is 0 Å². The van der Waals surface area contributed by atoms with E-state index < -0.39 is 6.09 Å². The maximum Gasteiger partial charge on any atom is 0.409 e. The molecule has 1 saturated heterocycles. The molecule has 1 aliphatic rings. The third-order valence-corrected chi connectivity index (χ3v) is 3.94. The lowest BCUT2D eigenvalue weighted by Gasteiger charge is -2.26. The molecule has 130 valence electrons. The number of fused-ring (bicyclic) bond motifs is 1. The van der Waals surface area contributed by atoms with Gasteiger partial charge in [0.2, 0.25) is 0 Å². The SMILES string of the molecule is CC(C)(C)c1nc2cc(NC(=O)O)ccc2n1CC1COCCO1. The molecule has 1 aromatic carbocycles. The Bertz CT molecular complexity index is 742. The van der Waals surface area contributed by atoms with E-state index in [9.17, 15) is 4.79 Å². The molecule has 1 fully saturated rings. The second-order valence-corrected chi connectivity index (χ2v) is 7.00. The summed E-state index contributed by atoms with van der Waals surface area (Å²) in [7, 11) is 0. The molecule has 1 amide bonds. The number of ether oxygens (including phenoxy) is 2. The van der Waals surface area contributed by atoms with Crippen molar-refractivity contribution in [2.75, 3.05) is 25.1 Å². The molecule has 0 aliphatic carbocycles. The molecule has 7 nitrogen and oxygen atoms in total. The fourth-order valence-corrected chi connectivity index (χ4v) is 2.93. The topological polar surface area (TPSA) is 85.6 Å². The van der Waals surface area contributed by atoms with Crippen LogP contribution in [0.4, 0.5) is 10.5 Å². The highest BCUT2D eigenvalue weighted by Gasteiger charge is 2.25. The van der Waals surface area contributed by atoms with Gasteiger partial charge in [0.15, 0.2) is 0 Å². The van der Waals surface area contributed by atoms with Gasteiger partial charge >= 0.3 is 6.09 Å². The first-order valence-corrected chi connectivity index (χ1v) is 8.04. The number of benzene rings is 1. The molecule has 2 N–H and O–H groups in total. The van der Waals surface area contributed by atoms with Crippen LogP contribution in [0.3, 0.4) is 0 Å². The van der Waals surface area contributed by atoms with E-state index in [1.54, 1.807) is 12.1 Å². The van der Waals surface area contributed by atoms with Gasteiger partial charge in [0.1, 0.15) is 5.82 Å². The summed E-state index contributed by atoms with van der Waals surface area (Å²) in [4.78, 5) is 15.6. The first kappa shape index (κ1) is 16.7. The van der Waals surface area contributed by atoms with Gasteiger partial charge in [-0.2, -0.15) is 0 Å². The number of aromatic nitrogens is 2. The number of amides is 1. The lowest BCUT2D eigenvalue weighted by Crippen LogP contribution is -2.33. The molecule has 0 spiro atoms. The predicted molar refractivity (Wildman–Crippen MR) is 90.6 cm³/mol. The van der Waals surface area contributed by atoms with Crippen LogP contribution < -0.4 is 5.32 Å². The van der Waals surface area contributed by atoms with E-state index in [1.165, 1.54) is 0 Å². The summed E-state index contributed by atoms with van der Waals surface area (Å²) in [5, 5.41) is 11.2. The molecular formula is C17H23N3O4. The zero-order valence-corrected chi connectivity index (χ0v) is 14.2. The van der Waals surface area contributed by atoms with E-state index in [1.807, 2.05) is 6.07 Å². The van der Waals surface area contributed by atoms with Crippen molar-refractivity contribution in [3.63, 3.8) is 0 Å². The normalized spacial score (nSPS) is 18.7. The molecule has 2 heterocycles. The van der Waals surface area contributed by atoms with Gasteiger partial charge in [0.25, 0.3) is 0 Å². The van der Waals surface area contributed by atoms with Crippen molar-refractivity contribution >= 4 is 22.8 Å². The minimum atomic E-state index is -1.09. The fraction of sp³-hybridized carbons (Fsp3) is 0.529. The zero-order valence-electron chi connectivity index (χ0n) is 14.2. The lowest BCUT2D eigenvalue weighted by molar-refractivity contribution is -0.0936. The summed E-state index contributed by atoms with van der Waals surface area (Å²) < 4.78 is 13.4. The van der Waals surface area contributed by atoms with Crippen LogP contribution in [-0.4, -0.2) is 46.7 Å². The monoisotopic (exact) mass is 333 g/mol. The smallest absolute Gasteiger partial charge is 0.409 e. The Morgan fingerprint density at radius 3 is 2.83 bits per heavy atom. The number of imidazole rings is 1. The standard InChI is InChI=1S/C17H23N3O4/c1-17(2,3)15-19-13-8-11(18-16(21)22)4-5-14(13)20(15)9-12-10-23-6-7-24-12/h4-5,8,12,18H,6-7,9-10H2,1-3H3,(H,21,22). The van der Waals surface area contributed by atoms with Crippen LogP contribution >= 0.6 is 0 Å². The molecule has 2 aromatic rings. The molecule has 1 aliphatic heterocycles. The minimum Gasteiger partial charge on any atom is -0.465 e. The molecule has 0 saturated carbocycles. The molecule has 1 unspecified atom stereocenters. The second-order valence-electron chi connectivity index (χ2n) is 7.00. The second kappa shape index (κ2) is 6.41. The van der Waals surface area contributed by atoms with Gasteiger partial charge < -0.3 is 19.1 Å². The summed E-state index contributed by atoms with van der Waals surface area (Å²) in [6.07, 6.45) is -1.09. The van der Waals surface area contributed by atoms with Crippen molar-refractivity contribution in [1.29, 1.82) is 0 Å². The summed E-state index contributed by atoms with van der Waals surface area (Å²) in [6, 6.07) is 5.40. The van der Waals surface area contributed by atoms with Crippen molar-refractivity contribution in [3.8, 4) is 0 Å². The molecular weight excluding hydrogens is 310 g/mol. The first-order chi connectivity index (χ1) is 11.3. The molecule has 24 heavy (non-hydrogen) atoms. The number of rotatable bonds is 3. The summed E-state index contributed by atoms with van der Waals surface area (Å²) >= 11 is 0. The van der Waals surface area contributed by atoms with Crippen molar-refractivity contribution in [2.24, 2.45) is 0 Å². The maximum atomic E-state index is 10.8. The Hall–Kier alpha value is -2.12. The van der Waals surface area contributed by atoms with Gasteiger partial charge in [-0.15, -0.1) is 0 Å². The van der Waals surface area contributed by atoms with E-state index in [0.29, 0.717) is 32.1 Å². The Morgan fingerprint density at radius 1 is 1.42 bits per heavy atom. The molecule has 1 aromatic heterocycles. The number of hydrogen-bond donors (Lipinski definition) is 2. The van der Waals surface area contributed by atoms with E-state index in [2.05, 4.69) is 30.7 Å². The minimum absolute atomic E-state index is 0.00549.